The highest BCUT2D eigenvalue weighted by atomic mass is 35.5. The molecule has 0 radical (unpaired) electrons. The summed E-state index contributed by atoms with van der Waals surface area (Å²) in [7, 11) is 0. The third kappa shape index (κ3) is 3.46. The molecule has 0 saturated heterocycles. The van der Waals surface area contributed by atoms with Gasteiger partial charge in [0.15, 0.2) is 0 Å². The van der Waals surface area contributed by atoms with Crippen LogP contribution < -0.4 is 5.73 Å². The minimum atomic E-state index is -0.0807. The number of hydrogen-bond acceptors (Lipinski definition) is 4. The monoisotopic (exact) mass is 409 g/mol. The molecule has 0 bridgehead atoms. The van der Waals surface area contributed by atoms with Gasteiger partial charge in [-0.1, -0.05) is 48.3 Å². The molecule has 0 fully saturated rings. The van der Waals surface area contributed by atoms with Crippen molar-refractivity contribution in [3.8, 4) is 16.9 Å². The lowest BCUT2D eigenvalue weighted by atomic mass is 9.98. The first-order valence-electron chi connectivity index (χ1n) is 8.69. The Morgan fingerprint density at radius 1 is 1.11 bits per heavy atom. The summed E-state index contributed by atoms with van der Waals surface area (Å²) in [6, 6.07) is 13.1. The Balaban J connectivity index is 1.89. The van der Waals surface area contributed by atoms with Crippen molar-refractivity contribution in [3.05, 3.63) is 88.8 Å². The van der Waals surface area contributed by atoms with Crippen LogP contribution in [0.3, 0.4) is 0 Å². The van der Waals surface area contributed by atoms with Crippen molar-refractivity contribution >= 4 is 28.9 Å². The zero-order valence-corrected chi connectivity index (χ0v) is 16.6. The molecule has 0 aliphatic carbocycles. The van der Waals surface area contributed by atoms with E-state index in [0.717, 1.165) is 16.8 Å². The maximum absolute atomic E-state index is 6.48. The molecule has 4 aromatic rings. The van der Waals surface area contributed by atoms with Gasteiger partial charge in [-0.25, -0.2) is 15.0 Å². The molecule has 5 nitrogen and oxygen atoms in total. The summed E-state index contributed by atoms with van der Waals surface area (Å²) in [5.41, 5.74) is 10.1. The Kier molecular flexibility index (Phi) is 5.03. The lowest BCUT2D eigenvalue weighted by molar-refractivity contribution is 0.813. The fourth-order valence-corrected chi connectivity index (χ4v) is 3.61. The van der Waals surface area contributed by atoms with E-state index < -0.39 is 0 Å². The molecule has 7 heteroatoms. The fraction of sp³-hybridized carbons (Fsp3) is 0.0952. The average molecular weight is 410 g/mol. The molecule has 4 rings (SSSR count). The number of rotatable bonds is 4. The van der Waals surface area contributed by atoms with Gasteiger partial charge in [-0.2, -0.15) is 0 Å². The molecule has 0 aliphatic rings. The minimum absolute atomic E-state index is 0.0807. The van der Waals surface area contributed by atoms with Crippen molar-refractivity contribution < 1.29 is 0 Å². The van der Waals surface area contributed by atoms with E-state index in [1.54, 1.807) is 30.9 Å². The quantitative estimate of drug-likeness (QED) is 0.459. The zero-order valence-electron chi connectivity index (χ0n) is 15.1. The van der Waals surface area contributed by atoms with Crippen LogP contribution in [0.15, 0.2) is 67.4 Å². The van der Waals surface area contributed by atoms with Crippen LogP contribution in [0.5, 0.6) is 0 Å². The van der Waals surface area contributed by atoms with Gasteiger partial charge in [0.2, 0.25) is 0 Å². The highest BCUT2D eigenvalue weighted by Gasteiger charge is 2.19. The molecule has 28 heavy (non-hydrogen) atoms. The number of nitrogen functional groups attached to an aromatic ring is 1. The number of hydrogen-bond donors (Lipinski definition) is 1. The van der Waals surface area contributed by atoms with Gasteiger partial charge in [-0.3, -0.25) is 0 Å². The Labute approximate surface area is 172 Å². The molecule has 0 amide bonds. The SMILES string of the molecule is CC(c1ncc(-n2ccnc2)c(-c2ccc(Cl)cc2Cl)n1)c1ccccc1N. The summed E-state index contributed by atoms with van der Waals surface area (Å²) in [5.74, 6) is 0.575. The van der Waals surface area contributed by atoms with Crippen LogP contribution in [0, 0.1) is 0 Å². The Morgan fingerprint density at radius 3 is 2.64 bits per heavy atom. The summed E-state index contributed by atoms with van der Waals surface area (Å²) in [6.07, 6.45) is 7.02. The van der Waals surface area contributed by atoms with Crippen LogP contribution in [0.2, 0.25) is 10.0 Å². The standard InChI is InChI=1S/C21H17Cl2N5/c1-13(15-4-2-3-5-18(15)24)21-26-11-19(28-9-8-25-12-28)20(27-21)16-7-6-14(22)10-17(16)23/h2-13H,24H2,1H3. The lowest BCUT2D eigenvalue weighted by Gasteiger charge is -2.17. The first-order valence-corrected chi connectivity index (χ1v) is 9.45. The van der Waals surface area contributed by atoms with Crippen molar-refractivity contribution in [2.24, 2.45) is 0 Å². The van der Waals surface area contributed by atoms with E-state index in [2.05, 4.69) is 9.97 Å². The number of aromatic nitrogens is 4. The molecule has 2 aromatic heterocycles. The summed E-state index contributed by atoms with van der Waals surface area (Å²) >= 11 is 12.6. The third-order valence-corrected chi connectivity index (χ3v) is 5.15. The van der Waals surface area contributed by atoms with E-state index in [1.807, 2.05) is 48.0 Å². The first kappa shape index (κ1) is 18.5. The summed E-state index contributed by atoms with van der Waals surface area (Å²) in [6.45, 7) is 2.03. The zero-order chi connectivity index (χ0) is 19.7. The van der Waals surface area contributed by atoms with Gasteiger partial charge in [-0.15, -0.1) is 0 Å². The predicted octanol–water partition coefficient (Wildman–Crippen LogP) is 5.37. The average Bonchev–Trinajstić information content (AvgIpc) is 3.22. The minimum Gasteiger partial charge on any atom is -0.398 e. The van der Waals surface area contributed by atoms with Crippen LogP contribution in [0.4, 0.5) is 5.69 Å². The molecule has 2 heterocycles. The van der Waals surface area contributed by atoms with Crippen LogP contribution in [-0.4, -0.2) is 19.5 Å². The van der Waals surface area contributed by atoms with Crippen molar-refractivity contribution in [1.82, 2.24) is 19.5 Å². The van der Waals surface area contributed by atoms with E-state index in [4.69, 9.17) is 33.9 Å². The van der Waals surface area contributed by atoms with E-state index in [1.165, 1.54) is 0 Å². The molecule has 1 atom stereocenters. The maximum atomic E-state index is 6.48. The third-order valence-electron chi connectivity index (χ3n) is 4.61. The Morgan fingerprint density at radius 2 is 1.93 bits per heavy atom. The van der Waals surface area contributed by atoms with E-state index >= 15 is 0 Å². The first-order chi connectivity index (χ1) is 13.5. The number of nitrogens with two attached hydrogens (primary N) is 1. The van der Waals surface area contributed by atoms with Gasteiger partial charge in [0.05, 0.1) is 28.9 Å². The number of imidazole rings is 1. The maximum Gasteiger partial charge on any atom is 0.136 e. The van der Waals surface area contributed by atoms with Gasteiger partial charge in [0.1, 0.15) is 5.82 Å². The van der Waals surface area contributed by atoms with Crippen LogP contribution >= 0.6 is 23.2 Å². The predicted molar refractivity (Wildman–Crippen MR) is 113 cm³/mol. The summed E-state index contributed by atoms with van der Waals surface area (Å²) in [5, 5.41) is 1.09. The smallest absolute Gasteiger partial charge is 0.136 e. The fourth-order valence-electron chi connectivity index (χ4n) is 3.11. The molecular formula is C21H17Cl2N5. The van der Waals surface area contributed by atoms with Gasteiger partial charge in [0, 0.05) is 34.6 Å². The molecular weight excluding hydrogens is 393 g/mol. The van der Waals surface area contributed by atoms with Gasteiger partial charge in [-0.05, 0) is 29.8 Å². The van der Waals surface area contributed by atoms with Crippen LogP contribution in [0.1, 0.15) is 24.2 Å². The topological polar surface area (TPSA) is 69.6 Å². The summed E-state index contributed by atoms with van der Waals surface area (Å²) < 4.78 is 1.85. The summed E-state index contributed by atoms with van der Waals surface area (Å²) in [4.78, 5) is 13.6. The molecule has 0 saturated carbocycles. The number of para-hydroxylation sites is 1. The van der Waals surface area contributed by atoms with Gasteiger partial charge in [0.25, 0.3) is 0 Å². The van der Waals surface area contributed by atoms with E-state index in [-0.39, 0.29) is 5.92 Å². The lowest BCUT2D eigenvalue weighted by Crippen LogP contribution is -2.08. The highest BCUT2D eigenvalue weighted by Crippen LogP contribution is 2.34. The van der Waals surface area contributed by atoms with Crippen molar-refractivity contribution in [2.45, 2.75) is 12.8 Å². The molecule has 140 valence electrons. The Bertz CT molecular complexity index is 1130. The van der Waals surface area contributed by atoms with Crippen molar-refractivity contribution in [1.29, 1.82) is 0 Å². The van der Waals surface area contributed by atoms with Crippen molar-refractivity contribution in [3.63, 3.8) is 0 Å². The van der Waals surface area contributed by atoms with E-state index in [0.29, 0.717) is 27.3 Å². The number of benzene rings is 2. The van der Waals surface area contributed by atoms with Crippen LogP contribution in [-0.2, 0) is 0 Å². The second kappa shape index (κ2) is 7.62. The Hall–Kier alpha value is -2.89. The number of anilines is 1. The van der Waals surface area contributed by atoms with Gasteiger partial charge >= 0.3 is 0 Å². The highest BCUT2D eigenvalue weighted by molar-refractivity contribution is 6.36. The van der Waals surface area contributed by atoms with Crippen molar-refractivity contribution in [2.75, 3.05) is 5.73 Å². The number of nitrogens with zero attached hydrogens (tertiary/aromatic N) is 4. The molecule has 2 aromatic carbocycles. The normalized spacial score (nSPS) is 12.1. The second-order valence-electron chi connectivity index (χ2n) is 6.41. The second-order valence-corrected chi connectivity index (χ2v) is 7.25. The van der Waals surface area contributed by atoms with Gasteiger partial charge < -0.3 is 10.3 Å². The molecule has 2 N–H and O–H groups in total. The molecule has 1 unspecified atom stereocenters. The number of halogens is 2. The van der Waals surface area contributed by atoms with Crippen LogP contribution in [0.25, 0.3) is 16.9 Å². The van der Waals surface area contributed by atoms with E-state index in [9.17, 15) is 0 Å². The molecule has 0 aliphatic heterocycles. The molecule has 0 spiro atoms. The largest absolute Gasteiger partial charge is 0.398 e.